The van der Waals surface area contributed by atoms with Crippen molar-refractivity contribution < 1.29 is 23.6 Å². The predicted molar refractivity (Wildman–Crippen MR) is 196 cm³/mol. The lowest BCUT2D eigenvalue weighted by Gasteiger charge is -2.30. The zero-order chi connectivity index (χ0) is 35.4. The van der Waals surface area contributed by atoms with Crippen LogP contribution in [0.3, 0.4) is 0 Å². The van der Waals surface area contributed by atoms with E-state index in [1.54, 1.807) is 17.0 Å². The monoisotopic (exact) mass is 740 g/mol. The van der Waals surface area contributed by atoms with Crippen LogP contribution >= 0.6 is 15.9 Å². The van der Waals surface area contributed by atoms with Gasteiger partial charge >= 0.3 is 0 Å². The molecule has 3 amide bonds. The van der Waals surface area contributed by atoms with Crippen molar-refractivity contribution in [1.29, 1.82) is 5.41 Å². The lowest BCUT2D eigenvalue weighted by atomic mass is 10.0. The Morgan fingerprint density at radius 2 is 1.90 bits per heavy atom. The van der Waals surface area contributed by atoms with E-state index in [1.807, 2.05) is 19.9 Å². The molecule has 1 atom stereocenters. The van der Waals surface area contributed by atoms with Crippen LogP contribution in [0.25, 0.3) is 11.1 Å². The Morgan fingerprint density at radius 3 is 2.64 bits per heavy atom. The molecule has 0 spiro atoms. The molecule has 0 bridgehead atoms. The van der Waals surface area contributed by atoms with Gasteiger partial charge in [-0.15, -0.1) is 0 Å². The first kappa shape index (κ1) is 35.0. The first-order valence-corrected chi connectivity index (χ1v) is 17.7. The molecule has 3 heterocycles. The van der Waals surface area contributed by atoms with Gasteiger partial charge in [-0.3, -0.25) is 25.1 Å². The summed E-state index contributed by atoms with van der Waals surface area (Å²) >= 11 is 3.56. The van der Waals surface area contributed by atoms with Gasteiger partial charge in [0.15, 0.2) is 0 Å². The molecule has 1 aromatic heterocycles. The summed E-state index contributed by atoms with van der Waals surface area (Å²) in [4.78, 5) is 40.9. The molecule has 50 heavy (non-hydrogen) atoms. The van der Waals surface area contributed by atoms with Gasteiger partial charge in [-0.25, -0.2) is 0 Å². The van der Waals surface area contributed by atoms with E-state index in [4.69, 9.17) is 14.7 Å². The van der Waals surface area contributed by atoms with Crippen molar-refractivity contribution >= 4 is 56.5 Å². The van der Waals surface area contributed by atoms with Gasteiger partial charge in [-0.2, -0.15) is 0 Å². The smallest absolute Gasteiger partial charge is 0.250 e. The Balaban J connectivity index is 1.01. The fourth-order valence-electron chi connectivity index (χ4n) is 6.71. The number of benzene rings is 3. The van der Waals surface area contributed by atoms with Crippen molar-refractivity contribution in [2.45, 2.75) is 65.5 Å². The van der Waals surface area contributed by atoms with Gasteiger partial charge in [0.05, 0.1) is 5.69 Å². The number of rotatable bonds is 13. The number of unbranched alkanes of at least 4 members (excludes halogenated alkanes) is 2. The predicted octanol–water partition coefficient (Wildman–Crippen LogP) is 6.94. The third kappa shape index (κ3) is 7.66. The van der Waals surface area contributed by atoms with E-state index in [-0.39, 0.29) is 30.7 Å². The molecule has 6 rings (SSSR count). The van der Waals surface area contributed by atoms with Crippen molar-refractivity contribution in [2.24, 2.45) is 0 Å². The van der Waals surface area contributed by atoms with Crippen molar-refractivity contribution in [3.63, 3.8) is 0 Å². The van der Waals surface area contributed by atoms with E-state index < -0.39 is 11.9 Å². The second-order valence-electron chi connectivity index (χ2n) is 12.8. The highest BCUT2D eigenvalue weighted by Crippen LogP contribution is 2.36. The number of nitrogens with one attached hydrogen (secondary N) is 3. The number of amidine groups is 1. The van der Waals surface area contributed by atoms with E-state index in [0.29, 0.717) is 30.8 Å². The normalized spacial score (nSPS) is 15.6. The van der Waals surface area contributed by atoms with Crippen LogP contribution in [0, 0.1) is 26.2 Å². The summed E-state index contributed by atoms with van der Waals surface area (Å²) in [5, 5.41) is 18.1. The fourth-order valence-corrected chi connectivity index (χ4v) is 6.97. The summed E-state index contributed by atoms with van der Waals surface area (Å²) in [5.41, 5.74) is 8.39. The number of carbonyl (C=O) groups is 3. The minimum absolute atomic E-state index is 0.0866. The van der Waals surface area contributed by atoms with E-state index in [1.165, 1.54) is 5.56 Å². The molecular formula is C38H41BrN6O5. The molecule has 3 N–H and O–H groups in total. The van der Waals surface area contributed by atoms with E-state index >= 15 is 0 Å². The number of amides is 3. The van der Waals surface area contributed by atoms with Crippen molar-refractivity contribution in [3.05, 3.63) is 93.3 Å². The summed E-state index contributed by atoms with van der Waals surface area (Å²) in [6.07, 6.45) is 3.24. The fraction of sp³-hybridized carbons (Fsp3) is 0.342. The summed E-state index contributed by atoms with van der Waals surface area (Å²) < 4.78 is 12.2. The SMILES string of the molecule is Cc1ccc(-c2c(C)noc2C)cc1N(CCCCCOCC(=O)Nc1cccc2c1CN(C1CCC(=O)NC1=O)C2=N)c1ccc(Br)cc1. The maximum atomic E-state index is 12.8. The van der Waals surface area contributed by atoms with E-state index in [9.17, 15) is 14.4 Å². The molecule has 1 unspecified atom stereocenters. The zero-order valence-electron chi connectivity index (χ0n) is 28.5. The van der Waals surface area contributed by atoms with Crippen LogP contribution in [-0.2, 0) is 25.7 Å². The van der Waals surface area contributed by atoms with Crippen molar-refractivity contribution in [2.75, 3.05) is 30.0 Å². The van der Waals surface area contributed by atoms with Crippen molar-refractivity contribution in [1.82, 2.24) is 15.4 Å². The van der Waals surface area contributed by atoms with Gasteiger partial charge in [0.2, 0.25) is 17.7 Å². The number of imide groups is 1. The zero-order valence-corrected chi connectivity index (χ0v) is 30.1. The number of aryl methyl sites for hydroxylation is 3. The van der Waals surface area contributed by atoms with Crippen LogP contribution in [0.2, 0.25) is 0 Å². The second kappa shape index (κ2) is 15.4. The van der Waals surface area contributed by atoms with Gasteiger partial charge in [-0.05, 0) is 94.0 Å². The molecule has 2 aliphatic rings. The second-order valence-corrected chi connectivity index (χ2v) is 13.7. The van der Waals surface area contributed by atoms with Crippen LogP contribution in [0.4, 0.5) is 17.1 Å². The standard InChI is InChI=1S/C38H41BrN6O5/c1-23-10-11-26(36-24(2)43-50-25(36)3)20-33(23)44(28-14-12-27(39)13-15-28)18-5-4-6-19-49-22-35(47)41-31-9-7-8-29-30(31)21-45(37(29)40)32-16-17-34(46)42-38(32)48/h7-15,20,32,40H,4-6,16-19,21-22H2,1-3H3,(H,41,47)(H,42,46,48). The molecule has 0 radical (unpaired) electrons. The minimum Gasteiger partial charge on any atom is -0.372 e. The van der Waals surface area contributed by atoms with Crippen molar-refractivity contribution in [3.8, 4) is 11.1 Å². The van der Waals surface area contributed by atoms with Crippen LogP contribution in [0.5, 0.6) is 0 Å². The molecule has 11 nitrogen and oxygen atoms in total. The van der Waals surface area contributed by atoms with E-state index in [0.717, 1.165) is 69.8 Å². The number of fused-ring (bicyclic) bond motifs is 1. The Hall–Kier alpha value is -4.81. The first-order chi connectivity index (χ1) is 24.1. The van der Waals surface area contributed by atoms with Gasteiger partial charge in [0.25, 0.3) is 0 Å². The molecular weight excluding hydrogens is 700 g/mol. The third-order valence-corrected chi connectivity index (χ3v) is 9.80. The average Bonchev–Trinajstić information content (AvgIpc) is 3.61. The Morgan fingerprint density at radius 1 is 1.10 bits per heavy atom. The summed E-state index contributed by atoms with van der Waals surface area (Å²) in [5.74, 6) is 0.0431. The highest BCUT2D eigenvalue weighted by atomic mass is 79.9. The molecule has 12 heteroatoms. The average molecular weight is 742 g/mol. The maximum absolute atomic E-state index is 12.8. The lowest BCUT2D eigenvalue weighted by molar-refractivity contribution is -0.136. The van der Waals surface area contributed by atoms with Crippen LogP contribution in [0.15, 0.2) is 69.7 Å². The summed E-state index contributed by atoms with van der Waals surface area (Å²) in [6.45, 7) is 7.49. The number of hydrogen-bond donors (Lipinski definition) is 3. The third-order valence-electron chi connectivity index (χ3n) is 9.27. The largest absolute Gasteiger partial charge is 0.372 e. The van der Waals surface area contributed by atoms with Gasteiger partial charge in [0, 0.05) is 64.3 Å². The molecule has 0 saturated carbocycles. The van der Waals surface area contributed by atoms with Gasteiger partial charge < -0.3 is 24.4 Å². The molecule has 260 valence electrons. The number of aromatic nitrogens is 1. The highest BCUT2D eigenvalue weighted by Gasteiger charge is 2.38. The number of carbonyl (C=O) groups excluding carboxylic acids is 3. The molecule has 2 aliphatic heterocycles. The molecule has 1 fully saturated rings. The quantitative estimate of drug-likeness (QED) is 0.0990. The maximum Gasteiger partial charge on any atom is 0.250 e. The summed E-state index contributed by atoms with van der Waals surface area (Å²) in [6, 6.07) is 19.6. The topological polar surface area (TPSA) is 141 Å². The number of ether oxygens (including phenoxy) is 1. The van der Waals surface area contributed by atoms with Crippen LogP contribution < -0.4 is 15.5 Å². The Bertz CT molecular complexity index is 1900. The number of anilines is 3. The Kier molecular flexibility index (Phi) is 10.8. The highest BCUT2D eigenvalue weighted by molar-refractivity contribution is 9.10. The first-order valence-electron chi connectivity index (χ1n) is 16.9. The molecule has 0 aliphatic carbocycles. The van der Waals surface area contributed by atoms with Gasteiger partial charge in [-0.1, -0.05) is 45.4 Å². The number of nitrogens with zero attached hydrogens (tertiary/aromatic N) is 3. The van der Waals surface area contributed by atoms with Crippen LogP contribution in [-0.4, -0.2) is 59.4 Å². The van der Waals surface area contributed by atoms with E-state index in [2.05, 4.69) is 86.0 Å². The van der Waals surface area contributed by atoms with Crippen LogP contribution in [0.1, 0.15) is 60.2 Å². The number of hydrogen-bond acceptors (Lipinski definition) is 8. The molecule has 1 saturated heterocycles. The Labute approximate surface area is 300 Å². The summed E-state index contributed by atoms with van der Waals surface area (Å²) in [7, 11) is 0. The number of halogens is 1. The number of piperidine rings is 1. The lowest BCUT2D eigenvalue weighted by Crippen LogP contribution is -2.52. The minimum atomic E-state index is -0.594. The molecule has 4 aromatic rings. The molecule has 3 aromatic carbocycles. The van der Waals surface area contributed by atoms with Gasteiger partial charge in [0.1, 0.15) is 24.2 Å².